The van der Waals surface area contributed by atoms with E-state index in [0.29, 0.717) is 24.4 Å². The van der Waals surface area contributed by atoms with E-state index in [0.717, 1.165) is 5.75 Å². The van der Waals surface area contributed by atoms with Crippen LogP contribution < -0.4 is 10.1 Å². The van der Waals surface area contributed by atoms with E-state index in [4.69, 9.17) is 9.15 Å². The Bertz CT molecular complexity index is 493. The van der Waals surface area contributed by atoms with Gasteiger partial charge >= 0.3 is 0 Å². The molecular weight excluding hydrogens is 230 g/mol. The maximum Gasteiger partial charge on any atom is 0.253 e. The van der Waals surface area contributed by atoms with Gasteiger partial charge in [-0.1, -0.05) is 12.1 Å². The number of aromatic nitrogens is 2. The topological polar surface area (TPSA) is 60.2 Å². The second kappa shape index (κ2) is 5.64. The SMILES string of the molecule is CNC(C)c1ccc(OCc2nnc(C)o2)cc1. The summed E-state index contributed by atoms with van der Waals surface area (Å²) < 4.78 is 10.8. The molecular formula is C13H17N3O2. The predicted molar refractivity (Wildman–Crippen MR) is 67.3 cm³/mol. The largest absolute Gasteiger partial charge is 0.484 e. The lowest BCUT2D eigenvalue weighted by molar-refractivity contribution is 0.260. The van der Waals surface area contributed by atoms with Crippen molar-refractivity contribution in [2.24, 2.45) is 0 Å². The third kappa shape index (κ3) is 3.07. The van der Waals surface area contributed by atoms with Crippen molar-refractivity contribution >= 4 is 0 Å². The van der Waals surface area contributed by atoms with Crippen molar-refractivity contribution in [2.75, 3.05) is 7.05 Å². The highest BCUT2D eigenvalue weighted by atomic mass is 16.5. The first-order chi connectivity index (χ1) is 8.69. The number of rotatable bonds is 5. The first kappa shape index (κ1) is 12.6. The zero-order valence-electron chi connectivity index (χ0n) is 10.8. The minimum Gasteiger partial charge on any atom is -0.484 e. The molecule has 0 radical (unpaired) electrons. The van der Waals surface area contributed by atoms with Crippen LogP contribution in [0.5, 0.6) is 5.75 Å². The van der Waals surface area contributed by atoms with Crippen LogP contribution in [0.1, 0.15) is 30.3 Å². The molecule has 1 aromatic carbocycles. The number of ether oxygens (including phenoxy) is 1. The molecule has 2 aromatic rings. The van der Waals surface area contributed by atoms with E-state index < -0.39 is 0 Å². The highest BCUT2D eigenvalue weighted by Gasteiger charge is 2.05. The van der Waals surface area contributed by atoms with Crippen LogP contribution in [0.25, 0.3) is 0 Å². The summed E-state index contributed by atoms with van der Waals surface area (Å²) in [6, 6.07) is 8.28. The third-order valence-electron chi connectivity index (χ3n) is 2.74. The molecule has 1 aromatic heterocycles. The number of hydrogen-bond acceptors (Lipinski definition) is 5. The highest BCUT2D eigenvalue weighted by Crippen LogP contribution is 2.18. The summed E-state index contributed by atoms with van der Waals surface area (Å²) in [7, 11) is 1.94. The number of nitrogens with one attached hydrogen (secondary N) is 1. The van der Waals surface area contributed by atoms with Crippen LogP contribution in [-0.2, 0) is 6.61 Å². The summed E-state index contributed by atoms with van der Waals surface area (Å²) in [5.41, 5.74) is 1.22. The van der Waals surface area contributed by atoms with Crippen molar-refractivity contribution < 1.29 is 9.15 Å². The minimum absolute atomic E-state index is 0.293. The molecule has 5 heteroatoms. The quantitative estimate of drug-likeness (QED) is 0.878. The summed E-state index contributed by atoms with van der Waals surface area (Å²) >= 11 is 0. The summed E-state index contributed by atoms with van der Waals surface area (Å²) in [5, 5.41) is 10.8. The molecule has 0 amide bonds. The van der Waals surface area contributed by atoms with Gasteiger partial charge in [0.25, 0.3) is 5.89 Å². The van der Waals surface area contributed by atoms with Crippen molar-refractivity contribution in [1.29, 1.82) is 0 Å². The Morgan fingerprint density at radius 3 is 2.56 bits per heavy atom. The summed E-state index contributed by atoms with van der Waals surface area (Å²) in [5.74, 6) is 1.82. The van der Waals surface area contributed by atoms with Crippen molar-refractivity contribution in [1.82, 2.24) is 15.5 Å². The molecule has 0 aliphatic rings. The minimum atomic E-state index is 0.293. The highest BCUT2D eigenvalue weighted by molar-refractivity contribution is 5.28. The zero-order valence-corrected chi connectivity index (χ0v) is 10.8. The fourth-order valence-corrected chi connectivity index (χ4v) is 1.56. The average Bonchev–Trinajstić information content (AvgIpc) is 2.82. The fourth-order valence-electron chi connectivity index (χ4n) is 1.56. The third-order valence-corrected chi connectivity index (χ3v) is 2.74. The molecule has 0 fully saturated rings. The molecule has 2 rings (SSSR count). The van der Waals surface area contributed by atoms with Crippen LogP contribution in [0, 0.1) is 6.92 Å². The molecule has 0 saturated carbocycles. The van der Waals surface area contributed by atoms with E-state index in [-0.39, 0.29) is 0 Å². The van der Waals surface area contributed by atoms with Gasteiger partial charge in [-0.25, -0.2) is 0 Å². The molecule has 0 saturated heterocycles. The van der Waals surface area contributed by atoms with Crippen LogP contribution >= 0.6 is 0 Å². The number of nitrogens with zero attached hydrogens (tertiary/aromatic N) is 2. The first-order valence-electron chi connectivity index (χ1n) is 5.88. The normalized spacial score (nSPS) is 12.4. The average molecular weight is 247 g/mol. The summed E-state index contributed by atoms with van der Waals surface area (Å²) in [6.07, 6.45) is 0. The fraction of sp³-hybridized carbons (Fsp3) is 0.385. The van der Waals surface area contributed by atoms with Gasteiger partial charge in [0.05, 0.1) is 0 Å². The monoisotopic (exact) mass is 247 g/mol. The van der Waals surface area contributed by atoms with Gasteiger partial charge in [0.15, 0.2) is 6.61 Å². The van der Waals surface area contributed by atoms with Crippen molar-refractivity contribution in [3.8, 4) is 5.75 Å². The lowest BCUT2D eigenvalue weighted by atomic mass is 10.1. The van der Waals surface area contributed by atoms with Crippen LogP contribution in [0.4, 0.5) is 0 Å². The lowest BCUT2D eigenvalue weighted by Crippen LogP contribution is -2.11. The molecule has 18 heavy (non-hydrogen) atoms. The maximum atomic E-state index is 5.56. The Morgan fingerprint density at radius 1 is 1.28 bits per heavy atom. The number of hydrogen-bond donors (Lipinski definition) is 1. The Labute approximate surface area is 106 Å². The molecule has 0 aliphatic heterocycles. The van der Waals surface area contributed by atoms with Gasteiger partial charge in [0, 0.05) is 13.0 Å². The van der Waals surface area contributed by atoms with E-state index in [1.807, 2.05) is 31.3 Å². The smallest absolute Gasteiger partial charge is 0.253 e. The molecule has 1 N–H and O–H groups in total. The van der Waals surface area contributed by atoms with Crippen molar-refractivity contribution in [3.63, 3.8) is 0 Å². The molecule has 1 heterocycles. The zero-order chi connectivity index (χ0) is 13.0. The molecule has 96 valence electrons. The standard InChI is InChI=1S/C13H17N3O2/c1-9(14-3)11-4-6-12(7-5-11)17-8-13-16-15-10(2)18-13/h4-7,9,14H,8H2,1-3H3. The van der Waals surface area contributed by atoms with Crippen LogP contribution in [0.3, 0.4) is 0 Å². The van der Waals surface area contributed by atoms with Crippen LogP contribution in [0.15, 0.2) is 28.7 Å². The maximum absolute atomic E-state index is 5.56. The Morgan fingerprint density at radius 2 is 2.00 bits per heavy atom. The van der Waals surface area contributed by atoms with Gasteiger partial charge in [0.2, 0.25) is 5.89 Å². The molecule has 0 aliphatic carbocycles. The van der Waals surface area contributed by atoms with Gasteiger partial charge < -0.3 is 14.5 Å². The first-order valence-corrected chi connectivity index (χ1v) is 5.88. The van der Waals surface area contributed by atoms with Crippen LogP contribution in [-0.4, -0.2) is 17.2 Å². The molecule has 0 spiro atoms. The van der Waals surface area contributed by atoms with Gasteiger partial charge in [0.1, 0.15) is 5.75 Å². The van der Waals surface area contributed by atoms with Gasteiger partial charge in [-0.15, -0.1) is 10.2 Å². The van der Waals surface area contributed by atoms with Crippen molar-refractivity contribution in [2.45, 2.75) is 26.5 Å². The van der Waals surface area contributed by atoms with E-state index >= 15 is 0 Å². The number of benzene rings is 1. The van der Waals surface area contributed by atoms with Gasteiger partial charge in [-0.2, -0.15) is 0 Å². The predicted octanol–water partition coefficient (Wildman–Crippen LogP) is 2.24. The Hall–Kier alpha value is -1.88. The van der Waals surface area contributed by atoms with E-state index in [1.165, 1.54) is 5.56 Å². The van der Waals surface area contributed by atoms with Gasteiger partial charge in [-0.05, 0) is 31.7 Å². The van der Waals surface area contributed by atoms with E-state index in [2.05, 4.69) is 22.4 Å². The molecule has 0 bridgehead atoms. The second-order valence-electron chi connectivity index (χ2n) is 4.08. The molecule has 1 unspecified atom stereocenters. The summed E-state index contributed by atoms with van der Waals surface area (Å²) in [4.78, 5) is 0. The number of aryl methyl sites for hydroxylation is 1. The van der Waals surface area contributed by atoms with E-state index in [9.17, 15) is 0 Å². The molecule has 1 atom stereocenters. The molecule has 5 nitrogen and oxygen atoms in total. The Balaban J connectivity index is 1.94. The van der Waals surface area contributed by atoms with Crippen LogP contribution in [0.2, 0.25) is 0 Å². The van der Waals surface area contributed by atoms with Gasteiger partial charge in [-0.3, -0.25) is 0 Å². The Kier molecular flexibility index (Phi) is 3.94. The lowest BCUT2D eigenvalue weighted by Gasteiger charge is -2.11. The van der Waals surface area contributed by atoms with E-state index in [1.54, 1.807) is 6.92 Å². The van der Waals surface area contributed by atoms with Crippen molar-refractivity contribution in [3.05, 3.63) is 41.6 Å². The summed E-state index contributed by atoms with van der Waals surface area (Å²) in [6.45, 7) is 4.16. The second-order valence-corrected chi connectivity index (χ2v) is 4.08.